The molecule has 0 radical (unpaired) electrons. The summed E-state index contributed by atoms with van der Waals surface area (Å²) in [5.41, 5.74) is -3.37. The Kier molecular flexibility index (Phi) is 13.5. The molecule has 42 heavy (non-hydrogen) atoms. The molecule has 244 valence electrons. The molecule has 0 aromatic carbocycles. The minimum absolute atomic E-state index is 0.0316. The van der Waals surface area contributed by atoms with Crippen molar-refractivity contribution in [2.45, 2.75) is 85.6 Å². The molecule has 3 amide bonds. The van der Waals surface area contributed by atoms with E-state index >= 15 is 0 Å². The molecule has 1 saturated heterocycles. The Morgan fingerprint density at radius 3 is 2.21 bits per heavy atom. The van der Waals surface area contributed by atoms with Crippen molar-refractivity contribution >= 4 is 33.8 Å². The molecule has 0 aromatic heterocycles. The SMILES string of the molecule is CCC(C)(CC(CC(C)(C)C(=O)OCCN1CCCC1=O)C(=O)NC(C)(C)CS(=O)(=O)O)C(=O)NCCC[N+](C)(C)C. The van der Waals surface area contributed by atoms with Gasteiger partial charge in [0, 0.05) is 37.3 Å². The minimum atomic E-state index is -4.38. The molecule has 1 fully saturated rings. The van der Waals surface area contributed by atoms with Crippen molar-refractivity contribution in [3.05, 3.63) is 0 Å². The van der Waals surface area contributed by atoms with E-state index < -0.39 is 50.0 Å². The minimum Gasteiger partial charge on any atom is -0.463 e. The van der Waals surface area contributed by atoms with E-state index in [1.165, 1.54) is 13.8 Å². The highest BCUT2D eigenvalue weighted by molar-refractivity contribution is 7.85. The smallest absolute Gasteiger partial charge is 0.311 e. The zero-order valence-electron chi connectivity index (χ0n) is 27.2. The van der Waals surface area contributed by atoms with Crippen LogP contribution in [-0.2, 0) is 34.0 Å². The second kappa shape index (κ2) is 15.0. The molecule has 0 bridgehead atoms. The van der Waals surface area contributed by atoms with Crippen molar-refractivity contribution < 1.29 is 41.4 Å². The molecule has 12 nitrogen and oxygen atoms in total. The molecule has 1 rings (SSSR count). The number of amides is 3. The third-order valence-corrected chi connectivity index (χ3v) is 8.85. The number of ether oxygens (including phenoxy) is 1. The van der Waals surface area contributed by atoms with Crippen molar-refractivity contribution in [2.75, 3.05) is 59.7 Å². The summed E-state index contributed by atoms with van der Waals surface area (Å²) >= 11 is 0. The maximum atomic E-state index is 13.6. The predicted octanol–water partition coefficient (Wildman–Crippen LogP) is 1.99. The molecule has 0 spiro atoms. The first-order valence-electron chi connectivity index (χ1n) is 14.8. The summed E-state index contributed by atoms with van der Waals surface area (Å²) in [7, 11) is 1.84. The molecule has 1 aliphatic heterocycles. The summed E-state index contributed by atoms with van der Waals surface area (Å²) < 4.78 is 38.7. The first kappa shape index (κ1) is 37.8. The van der Waals surface area contributed by atoms with E-state index in [-0.39, 0.29) is 31.3 Å². The third kappa shape index (κ3) is 13.4. The zero-order valence-corrected chi connectivity index (χ0v) is 28.0. The lowest BCUT2D eigenvalue weighted by molar-refractivity contribution is -0.870. The van der Waals surface area contributed by atoms with Crippen molar-refractivity contribution in [1.29, 1.82) is 0 Å². The molecule has 2 unspecified atom stereocenters. The normalized spacial score (nSPS) is 17.0. The molecule has 1 heterocycles. The summed E-state index contributed by atoms with van der Waals surface area (Å²) in [6.07, 6.45) is 2.63. The second-order valence-electron chi connectivity index (χ2n) is 14.2. The van der Waals surface area contributed by atoms with Gasteiger partial charge in [0.05, 0.1) is 50.9 Å². The lowest BCUT2D eigenvalue weighted by atomic mass is 9.72. The number of quaternary nitrogens is 1. The fourth-order valence-electron chi connectivity index (χ4n) is 5.18. The van der Waals surface area contributed by atoms with Crippen LogP contribution >= 0.6 is 0 Å². The highest BCUT2D eigenvalue weighted by Crippen LogP contribution is 2.37. The van der Waals surface area contributed by atoms with Gasteiger partial charge in [-0.2, -0.15) is 8.42 Å². The van der Waals surface area contributed by atoms with Gasteiger partial charge in [0.25, 0.3) is 10.1 Å². The lowest BCUT2D eigenvalue weighted by Gasteiger charge is -2.36. The molecule has 0 aromatic rings. The number of rotatable bonds is 18. The van der Waals surface area contributed by atoms with Gasteiger partial charge < -0.3 is 24.8 Å². The number of nitrogens with one attached hydrogen (secondary N) is 2. The number of hydrogen-bond acceptors (Lipinski definition) is 7. The number of carbonyl (C=O) groups is 4. The van der Waals surface area contributed by atoms with Crippen molar-refractivity contribution in [3.63, 3.8) is 0 Å². The van der Waals surface area contributed by atoms with Gasteiger partial charge in [-0.15, -0.1) is 0 Å². The van der Waals surface area contributed by atoms with Crippen LogP contribution in [0.1, 0.15) is 80.1 Å². The highest BCUT2D eigenvalue weighted by atomic mass is 32.2. The lowest BCUT2D eigenvalue weighted by Crippen LogP contribution is -2.52. The Labute approximate surface area is 252 Å². The molecule has 1 aliphatic rings. The van der Waals surface area contributed by atoms with Gasteiger partial charge in [-0.05, 0) is 53.4 Å². The van der Waals surface area contributed by atoms with E-state index in [2.05, 4.69) is 31.8 Å². The molecule has 13 heteroatoms. The number of hydrogen-bond donors (Lipinski definition) is 3. The zero-order chi connectivity index (χ0) is 32.6. The van der Waals surface area contributed by atoms with Crippen molar-refractivity contribution in [3.8, 4) is 0 Å². The second-order valence-corrected chi connectivity index (χ2v) is 15.7. The van der Waals surface area contributed by atoms with E-state index in [4.69, 9.17) is 4.74 Å². The van der Waals surface area contributed by atoms with E-state index in [0.717, 1.165) is 23.9 Å². The number of carbonyl (C=O) groups excluding carboxylic acids is 4. The van der Waals surface area contributed by atoms with Gasteiger partial charge in [-0.1, -0.05) is 13.8 Å². The van der Waals surface area contributed by atoms with Gasteiger partial charge >= 0.3 is 5.97 Å². The Balaban J connectivity index is 3.10. The third-order valence-electron chi connectivity index (χ3n) is 7.77. The van der Waals surface area contributed by atoms with Crippen LogP contribution in [0.4, 0.5) is 0 Å². The summed E-state index contributed by atoms with van der Waals surface area (Å²) in [5.74, 6) is -2.77. The summed E-state index contributed by atoms with van der Waals surface area (Å²) in [4.78, 5) is 53.6. The van der Waals surface area contributed by atoms with Gasteiger partial charge in [-0.3, -0.25) is 23.7 Å². The largest absolute Gasteiger partial charge is 0.463 e. The van der Waals surface area contributed by atoms with Crippen LogP contribution in [0, 0.1) is 16.7 Å². The van der Waals surface area contributed by atoms with E-state index in [1.807, 2.05) is 6.92 Å². The van der Waals surface area contributed by atoms with Crippen molar-refractivity contribution in [2.24, 2.45) is 16.7 Å². The summed E-state index contributed by atoms with van der Waals surface area (Å²) in [6.45, 7) is 12.3. The fourth-order valence-corrected chi connectivity index (χ4v) is 6.16. The number of likely N-dealkylation sites (tertiary alicyclic amines) is 1. The van der Waals surface area contributed by atoms with Crippen LogP contribution in [0.2, 0.25) is 0 Å². The molecule has 0 aliphatic carbocycles. The Hall–Kier alpha value is -2.25. The van der Waals surface area contributed by atoms with Crippen LogP contribution in [0.15, 0.2) is 0 Å². The predicted molar refractivity (Wildman–Crippen MR) is 161 cm³/mol. The first-order chi connectivity index (χ1) is 19.0. The Bertz CT molecular complexity index is 1070. The Morgan fingerprint density at radius 1 is 1.10 bits per heavy atom. The quantitative estimate of drug-likeness (QED) is 0.0909. The molecular weight excluding hydrogens is 564 g/mol. The van der Waals surface area contributed by atoms with Crippen LogP contribution in [0.3, 0.4) is 0 Å². The average molecular weight is 620 g/mol. The molecule has 2 atom stereocenters. The maximum absolute atomic E-state index is 13.6. The van der Waals surface area contributed by atoms with E-state index in [0.29, 0.717) is 32.5 Å². The van der Waals surface area contributed by atoms with Crippen LogP contribution in [0.25, 0.3) is 0 Å². The molecule has 0 saturated carbocycles. The van der Waals surface area contributed by atoms with Crippen LogP contribution in [-0.4, -0.2) is 111 Å². The number of esters is 1. The summed E-state index contributed by atoms with van der Waals surface area (Å²) in [5, 5.41) is 5.70. The monoisotopic (exact) mass is 619 g/mol. The number of nitrogens with zero attached hydrogens (tertiary/aromatic N) is 2. The Morgan fingerprint density at radius 2 is 1.71 bits per heavy atom. The molecular formula is C29H55N4O8S+. The topological polar surface area (TPSA) is 159 Å². The molecule has 3 N–H and O–H groups in total. The maximum Gasteiger partial charge on any atom is 0.311 e. The van der Waals surface area contributed by atoms with Crippen LogP contribution in [0.5, 0.6) is 0 Å². The fraction of sp³-hybridized carbons (Fsp3) is 0.862. The van der Waals surface area contributed by atoms with Gasteiger partial charge in [0.1, 0.15) is 6.61 Å². The first-order valence-corrected chi connectivity index (χ1v) is 16.4. The standard InChI is InChI=1S/C29H54N4O8S/c1-10-29(6,25(36)30-14-12-17-33(7,8)9)20-22(24(35)31-28(4,5)21-42(38,39)40)19-27(2,3)26(37)41-18-16-32-15-11-13-23(32)34/h22H,10-21H2,1-9H3,(H2-,30,31,35,36,38,39,40)/p+1. The van der Waals surface area contributed by atoms with Gasteiger partial charge in [0.2, 0.25) is 17.7 Å². The summed E-state index contributed by atoms with van der Waals surface area (Å²) in [6, 6.07) is 0. The highest BCUT2D eigenvalue weighted by Gasteiger charge is 2.42. The van der Waals surface area contributed by atoms with Gasteiger partial charge in [-0.25, -0.2) is 0 Å². The van der Waals surface area contributed by atoms with Crippen LogP contribution < -0.4 is 10.6 Å². The van der Waals surface area contributed by atoms with E-state index in [9.17, 15) is 32.1 Å². The van der Waals surface area contributed by atoms with Gasteiger partial charge in [0.15, 0.2) is 0 Å². The average Bonchev–Trinajstić information content (AvgIpc) is 3.22. The van der Waals surface area contributed by atoms with E-state index in [1.54, 1.807) is 25.7 Å². The van der Waals surface area contributed by atoms with Crippen molar-refractivity contribution in [1.82, 2.24) is 15.5 Å².